The molecule has 2 aromatic heterocycles. The summed E-state index contributed by atoms with van der Waals surface area (Å²) in [5.74, 6) is 0.899. The fourth-order valence-electron chi connectivity index (χ4n) is 2.60. The smallest absolute Gasteiger partial charge is 0.198 e. The van der Waals surface area contributed by atoms with Crippen molar-refractivity contribution < 1.29 is 9.52 Å². The maximum Gasteiger partial charge on any atom is 0.198 e. The van der Waals surface area contributed by atoms with Crippen molar-refractivity contribution in [2.24, 2.45) is 4.99 Å². The number of hydrogen-bond acceptors (Lipinski definition) is 3. The van der Waals surface area contributed by atoms with Gasteiger partial charge < -0.3 is 14.5 Å². The molecule has 4 nitrogen and oxygen atoms in total. The number of aromatic hydroxyl groups is 1. The van der Waals surface area contributed by atoms with E-state index in [2.05, 4.69) is 32.6 Å². The maximum atomic E-state index is 10.2. The normalized spacial score (nSPS) is 11.5. The summed E-state index contributed by atoms with van der Waals surface area (Å²) >= 11 is 2.26. The molecule has 0 aliphatic heterocycles. The zero-order valence-electron chi connectivity index (χ0n) is 12.5. The van der Waals surface area contributed by atoms with Crippen LogP contribution in [0.25, 0.3) is 22.2 Å². The van der Waals surface area contributed by atoms with E-state index in [4.69, 9.17) is 4.42 Å². The van der Waals surface area contributed by atoms with Crippen LogP contribution in [-0.2, 0) is 0 Å². The number of aliphatic imine (C=N–C) groups is 1. The number of aromatic amines is 1. The number of H-pyrrole nitrogens is 1. The van der Waals surface area contributed by atoms with Crippen molar-refractivity contribution in [2.75, 3.05) is 0 Å². The number of aromatic nitrogens is 1. The summed E-state index contributed by atoms with van der Waals surface area (Å²) in [5.41, 5.74) is 3.31. The molecule has 0 spiro atoms. The van der Waals surface area contributed by atoms with Gasteiger partial charge in [-0.05, 0) is 65.1 Å². The molecule has 5 heteroatoms. The van der Waals surface area contributed by atoms with Crippen LogP contribution in [0.2, 0.25) is 0 Å². The first-order valence-electron chi connectivity index (χ1n) is 7.39. The van der Waals surface area contributed by atoms with Gasteiger partial charge in [0.15, 0.2) is 5.88 Å². The molecule has 0 unspecified atom stereocenters. The Hall–Kier alpha value is -2.54. The molecule has 118 valence electrons. The number of halogens is 1. The number of benzene rings is 2. The lowest BCUT2D eigenvalue weighted by molar-refractivity contribution is 0.457. The van der Waals surface area contributed by atoms with Crippen LogP contribution < -0.4 is 0 Å². The zero-order valence-corrected chi connectivity index (χ0v) is 14.7. The van der Waals surface area contributed by atoms with Crippen LogP contribution in [0.1, 0.15) is 5.56 Å². The van der Waals surface area contributed by atoms with Crippen molar-refractivity contribution in [3.8, 4) is 17.2 Å². The Morgan fingerprint density at radius 1 is 1.08 bits per heavy atom. The molecule has 0 radical (unpaired) electrons. The van der Waals surface area contributed by atoms with E-state index >= 15 is 0 Å². The highest BCUT2D eigenvalue weighted by Gasteiger charge is 2.11. The van der Waals surface area contributed by atoms with Gasteiger partial charge in [0, 0.05) is 26.3 Å². The Bertz CT molecular complexity index is 1020. The van der Waals surface area contributed by atoms with Crippen LogP contribution in [0.5, 0.6) is 5.88 Å². The van der Waals surface area contributed by atoms with Crippen molar-refractivity contribution in [3.63, 3.8) is 0 Å². The van der Waals surface area contributed by atoms with E-state index in [-0.39, 0.29) is 5.88 Å². The predicted molar refractivity (Wildman–Crippen MR) is 104 cm³/mol. The minimum atomic E-state index is 0.107. The minimum Gasteiger partial charge on any atom is -0.494 e. The quantitative estimate of drug-likeness (QED) is 0.335. The summed E-state index contributed by atoms with van der Waals surface area (Å²) in [6, 6.07) is 17.5. The Labute approximate surface area is 152 Å². The predicted octanol–water partition coefficient (Wildman–Crippen LogP) is 5.49. The van der Waals surface area contributed by atoms with Gasteiger partial charge in [0.2, 0.25) is 0 Å². The second-order valence-electron chi connectivity index (χ2n) is 5.36. The molecule has 0 saturated heterocycles. The molecule has 0 fully saturated rings. The number of nitrogens with zero attached hydrogens (tertiary/aromatic N) is 1. The van der Waals surface area contributed by atoms with Gasteiger partial charge in [-0.15, -0.1) is 0 Å². The van der Waals surface area contributed by atoms with Crippen molar-refractivity contribution in [1.82, 2.24) is 4.98 Å². The molecule has 24 heavy (non-hydrogen) atoms. The fourth-order valence-corrected chi connectivity index (χ4v) is 2.96. The third kappa shape index (κ3) is 2.82. The first-order valence-corrected chi connectivity index (χ1v) is 8.47. The van der Waals surface area contributed by atoms with Gasteiger partial charge in [-0.3, -0.25) is 4.99 Å². The van der Waals surface area contributed by atoms with Crippen LogP contribution >= 0.6 is 22.6 Å². The molecule has 0 bridgehead atoms. The number of hydrogen-bond donors (Lipinski definition) is 2. The van der Waals surface area contributed by atoms with E-state index in [1.54, 1.807) is 12.5 Å². The average Bonchev–Trinajstić information content (AvgIpc) is 3.21. The first kappa shape index (κ1) is 15.0. The molecule has 2 aromatic carbocycles. The number of fused-ring (bicyclic) bond motifs is 1. The summed E-state index contributed by atoms with van der Waals surface area (Å²) < 4.78 is 6.58. The fraction of sp³-hybridized carbons (Fsp3) is 0. The lowest BCUT2D eigenvalue weighted by atomic mass is 10.1. The van der Waals surface area contributed by atoms with Gasteiger partial charge >= 0.3 is 0 Å². The van der Waals surface area contributed by atoms with Gasteiger partial charge in [0.05, 0.1) is 17.5 Å². The summed E-state index contributed by atoms with van der Waals surface area (Å²) in [7, 11) is 0. The lowest BCUT2D eigenvalue weighted by Gasteiger charge is -1.98. The standard InChI is InChI=1S/C19H13IN2O2/c20-13-4-6-14(7-5-13)21-11-16-15-8-3-12(18-2-1-9-24-18)10-17(15)22-19(16)23/h1-11,22-23H. The summed E-state index contributed by atoms with van der Waals surface area (Å²) in [6.07, 6.45) is 3.33. The molecule has 2 N–H and O–H groups in total. The monoisotopic (exact) mass is 428 g/mol. The highest BCUT2D eigenvalue weighted by atomic mass is 127. The molecule has 0 amide bonds. The Balaban J connectivity index is 1.73. The number of nitrogens with one attached hydrogen (secondary N) is 1. The molecule has 0 atom stereocenters. The Morgan fingerprint density at radius 2 is 1.92 bits per heavy atom. The van der Waals surface area contributed by atoms with Crippen LogP contribution in [-0.4, -0.2) is 16.3 Å². The second kappa shape index (κ2) is 6.16. The highest BCUT2D eigenvalue weighted by Crippen LogP contribution is 2.30. The summed E-state index contributed by atoms with van der Waals surface area (Å²) in [4.78, 5) is 7.44. The molecule has 0 aliphatic carbocycles. The maximum absolute atomic E-state index is 10.2. The molecule has 0 saturated carbocycles. The van der Waals surface area contributed by atoms with E-state index < -0.39 is 0 Å². The number of furan rings is 1. The van der Waals surface area contributed by atoms with Crippen LogP contribution in [0.15, 0.2) is 70.3 Å². The largest absolute Gasteiger partial charge is 0.494 e. The van der Waals surface area contributed by atoms with Crippen LogP contribution in [0.3, 0.4) is 0 Å². The Morgan fingerprint density at radius 3 is 2.67 bits per heavy atom. The molecule has 2 heterocycles. The summed E-state index contributed by atoms with van der Waals surface area (Å²) in [5, 5.41) is 11.1. The molecular weight excluding hydrogens is 415 g/mol. The molecule has 4 rings (SSSR count). The van der Waals surface area contributed by atoms with E-state index in [0.29, 0.717) is 5.56 Å². The Kier molecular flexibility index (Phi) is 3.86. The SMILES string of the molecule is Oc1[nH]c2cc(-c3ccco3)ccc2c1C=Nc1ccc(I)cc1. The van der Waals surface area contributed by atoms with Crippen LogP contribution in [0, 0.1) is 3.57 Å². The van der Waals surface area contributed by atoms with Gasteiger partial charge in [0.1, 0.15) is 5.76 Å². The zero-order chi connectivity index (χ0) is 16.5. The topological polar surface area (TPSA) is 61.5 Å². The highest BCUT2D eigenvalue weighted by molar-refractivity contribution is 14.1. The average molecular weight is 428 g/mol. The number of rotatable bonds is 3. The van der Waals surface area contributed by atoms with Crippen molar-refractivity contribution in [3.05, 3.63) is 70.0 Å². The van der Waals surface area contributed by atoms with Gasteiger partial charge in [-0.2, -0.15) is 0 Å². The van der Waals surface area contributed by atoms with Gasteiger partial charge in [-0.1, -0.05) is 12.1 Å². The van der Waals surface area contributed by atoms with Crippen molar-refractivity contribution in [1.29, 1.82) is 0 Å². The van der Waals surface area contributed by atoms with E-state index in [0.717, 1.165) is 31.5 Å². The minimum absolute atomic E-state index is 0.107. The second-order valence-corrected chi connectivity index (χ2v) is 6.61. The molecule has 4 aromatic rings. The first-order chi connectivity index (χ1) is 11.7. The third-order valence-corrected chi connectivity index (χ3v) is 4.51. The summed E-state index contributed by atoms with van der Waals surface area (Å²) in [6.45, 7) is 0. The van der Waals surface area contributed by atoms with E-state index in [1.807, 2.05) is 54.6 Å². The van der Waals surface area contributed by atoms with Crippen LogP contribution in [0.4, 0.5) is 5.69 Å². The van der Waals surface area contributed by atoms with Gasteiger partial charge in [-0.25, -0.2) is 0 Å². The third-order valence-electron chi connectivity index (χ3n) is 3.79. The lowest BCUT2D eigenvalue weighted by Crippen LogP contribution is -1.80. The molecule has 0 aliphatic rings. The van der Waals surface area contributed by atoms with Gasteiger partial charge in [0.25, 0.3) is 0 Å². The van der Waals surface area contributed by atoms with E-state index in [1.165, 1.54) is 0 Å². The van der Waals surface area contributed by atoms with Crippen molar-refractivity contribution >= 4 is 45.4 Å². The molecular formula is C19H13IN2O2. The van der Waals surface area contributed by atoms with E-state index in [9.17, 15) is 5.11 Å². The van der Waals surface area contributed by atoms with Crippen molar-refractivity contribution in [2.45, 2.75) is 0 Å².